The van der Waals surface area contributed by atoms with Crippen molar-refractivity contribution in [1.29, 1.82) is 0 Å². The number of benzene rings is 2. The van der Waals surface area contributed by atoms with Gasteiger partial charge in [-0.2, -0.15) is 0 Å². The summed E-state index contributed by atoms with van der Waals surface area (Å²) in [5, 5.41) is 0. The summed E-state index contributed by atoms with van der Waals surface area (Å²) in [6.07, 6.45) is 3.93. The molecule has 0 spiro atoms. The molecule has 2 aromatic rings. The molecular weight excluding hydrogens is 308 g/mol. The van der Waals surface area contributed by atoms with Crippen molar-refractivity contribution in [3.63, 3.8) is 0 Å². The summed E-state index contributed by atoms with van der Waals surface area (Å²) < 4.78 is 5.38. The number of likely N-dealkylation sites (tertiary alicyclic amines) is 1. The van der Waals surface area contributed by atoms with Gasteiger partial charge in [-0.05, 0) is 56.1 Å². The van der Waals surface area contributed by atoms with Crippen molar-refractivity contribution in [3.8, 4) is 5.75 Å². The smallest absolute Gasteiger partial charge is 0.119 e. The molecule has 3 rings (SSSR count). The third-order valence-corrected chi connectivity index (χ3v) is 5.24. The molecule has 1 saturated heterocycles. The Kier molecular flexibility index (Phi) is 6.48. The first-order valence-corrected chi connectivity index (χ1v) is 9.34. The SMILES string of the molecule is COc1cccc(CN(CCC2CCCN2C)Cc2ccccc2)c1. The Morgan fingerprint density at radius 1 is 1.04 bits per heavy atom. The highest BCUT2D eigenvalue weighted by Crippen LogP contribution is 2.20. The number of hydrogen-bond acceptors (Lipinski definition) is 3. The van der Waals surface area contributed by atoms with Gasteiger partial charge in [-0.3, -0.25) is 4.90 Å². The van der Waals surface area contributed by atoms with Crippen LogP contribution in [0.1, 0.15) is 30.4 Å². The van der Waals surface area contributed by atoms with Crippen molar-refractivity contribution < 1.29 is 4.74 Å². The Balaban J connectivity index is 1.66. The standard InChI is InChI=1S/C22H30N2O/c1-23-14-7-11-21(23)13-15-24(17-19-8-4-3-5-9-19)18-20-10-6-12-22(16-20)25-2/h3-6,8-10,12,16,21H,7,11,13-15,17-18H2,1-2H3. The van der Waals surface area contributed by atoms with Gasteiger partial charge in [0.15, 0.2) is 0 Å². The molecule has 3 heteroatoms. The predicted octanol–water partition coefficient (Wildman–Crippen LogP) is 4.18. The molecule has 0 radical (unpaired) electrons. The topological polar surface area (TPSA) is 15.7 Å². The van der Waals surface area contributed by atoms with Crippen LogP contribution in [0.25, 0.3) is 0 Å². The van der Waals surface area contributed by atoms with Gasteiger partial charge in [0.2, 0.25) is 0 Å². The number of methoxy groups -OCH3 is 1. The normalized spacial score (nSPS) is 18.0. The van der Waals surface area contributed by atoms with Gasteiger partial charge in [0.25, 0.3) is 0 Å². The summed E-state index contributed by atoms with van der Waals surface area (Å²) in [5.41, 5.74) is 2.69. The molecule has 1 fully saturated rings. The van der Waals surface area contributed by atoms with Crippen LogP contribution < -0.4 is 4.74 Å². The van der Waals surface area contributed by atoms with Crippen molar-refractivity contribution in [2.75, 3.05) is 27.2 Å². The Labute approximate surface area is 152 Å². The molecule has 25 heavy (non-hydrogen) atoms. The quantitative estimate of drug-likeness (QED) is 0.718. The summed E-state index contributed by atoms with van der Waals surface area (Å²) >= 11 is 0. The van der Waals surface area contributed by atoms with Gasteiger partial charge in [0, 0.05) is 25.7 Å². The second-order valence-electron chi connectivity index (χ2n) is 7.11. The van der Waals surface area contributed by atoms with Crippen molar-refractivity contribution in [2.45, 2.75) is 38.4 Å². The fraction of sp³-hybridized carbons (Fsp3) is 0.455. The van der Waals surface area contributed by atoms with Crippen LogP contribution >= 0.6 is 0 Å². The zero-order valence-corrected chi connectivity index (χ0v) is 15.5. The van der Waals surface area contributed by atoms with E-state index in [4.69, 9.17) is 4.74 Å². The van der Waals surface area contributed by atoms with Crippen LogP contribution in [0, 0.1) is 0 Å². The van der Waals surface area contributed by atoms with Gasteiger partial charge in [0.1, 0.15) is 5.75 Å². The van der Waals surface area contributed by atoms with Crippen LogP contribution in [0.3, 0.4) is 0 Å². The van der Waals surface area contributed by atoms with E-state index < -0.39 is 0 Å². The summed E-state index contributed by atoms with van der Waals surface area (Å²) in [6, 6.07) is 20.0. The maximum absolute atomic E-state index is 5.38. The second kappa shape index (κ2) is 9.02. The van der Waals surface area contributed by atoms with E-state index in [9.17, 15) is 0 Å². The van der Waals surface area contributed by atoms with Gasteiger partial charge < -0.3 is 9.64 Å². The lowest BCUT2D eigenvalue weighted by Crippen LogP contribution is -2.31. The highest BCUT2D eigenvalue weighted by atomic mass is 16.5. The van der Waals surface area contributed by atoms with Crippen LogP contribution in [-0.2, 0) is 13.1 Å². The first-order valence-electron chi connectivity index (χ1n) is 9.34. The summed E-state index contributed by atoms with van der Waals surface area (Å²) in [4.78, 5) is 5.09. The first kappa shape index (κ1) is 18.0. The lowest BCUT2D eigenvalue weighted by atomic mass is 10.1. The average Bonchev–Trinajstić information content (AvgIpc) is 3.06. The van der Waals surface area contributed by atoms with Gasteiger partial charge in [-0.15, -0.1) is 0 Å². The fourth-order valence-corrected chi connectivity index (χ4v) is 3.76. The fourth-order valence-electron chi connectivity index (χ4n) is 3.76. The van der Waals surface area contributed by atoms with E-state index in [0.717, 1.165) is 31.4 Å². The third kappa shape index (κ3) is 5.32. The van der Waals surface area contributed by atoms with Crippen LogP contribution in [0.4, 0.5) is 0 Å². The number of rotatable bonds is 8. The molecule has 0 bridgehead atoms. The van der Waals surface area contributed by atoms with E-state index in [-0.39, 0.29) is 0 Å². The van der Waals surface area contributed by atoms with Crippen LogP contribution in [-0.4, -0.2) is 43.1 Å². The molecule has 1 unspecified atom stereocenters. The molecular formula is C22H30N2O. The third-order valence-electron chi connectivity index (χ3n) is 5.24. The molecule has 1 heterocycles. The predicted molar refractivity (Wildman–Crippen MR) is 104 cm³/mol. The van der Waals surface area contributed by atoms with Crippen molar-refractivity contribution in [2.24, 2.45) is 0 Å². The Morgan fingerprint density at radius 3 is 2.52 bits per heavy atom. The molecule has 3 nitrogen and oxygen atoms in total. The van der Waals surface area contributed by atoms with Crippen molar-refractivity contribution in [3.05, 3.63) is 65.7 Å². The van der Waals surface area contributed by atoms with E-state index in [0.29, 0.717) is 0 Å². The van der Waals surface area contributed by atoms with E-state index >= 15 is 0 Å². The van der Waals surface area contributed by atoms with Gasteiger partial charge >= 0.3 is 0 Å². The molecule has 1 aliphatic rings. The largest absolute Gasteiger partial charge is 0.497 e. The van der Waals surface area contributed by atoms with Crippen molar-refractivity contribution in [1.82, 2.24) is 9.80 Å². The lowest BCUT2D eigenvalue weighted by Gasteiger charge is -2.26. The molecule has 0 aromatic heterocycles. The average molecular weight is 338 g/mol. The van der Waals surface area contributed by atoms with Gasteiger partial charge in [-0.25, -0.2) is 0 Å². The summed E-state index contributed by atoms with van der Waals surface area (Å²) in [5.74, 6) is 0.938. The minimum absolute atomic E-state index is 0.739. The number of nitrogens with zero attached hydrogens (tertiary/aromatic N) is 2. The van der Waals surface area contributed by atoms with Crippen LogP contribution in [0.15, 0.2) is 54.6 Å². The maximum atomic E-state index is 5.38. The zero-order chi connectivity index (χ0) is 17.5. The monoisotopic (exact) mass is 338 g/mol. The summed E-state index contributed by atoms with van der Waals surface area (Å²) in [7, 11) is 4.00. The Hall–Kier alpha value is -1.84. The molecule has 0 N–H and O–H groups in total. The highest BCUT2D eigenvalue weighted by Gasteiger charge is 2.21. The van der Waals surface area contributed by atoms with E-state index in [1.54, 1.807) is 7.11 Å². The Morgan fingerprint density at radius 2 is 1.80 bits per heavy atom. The number of ether oxygens (including phenoxy) is 1. The minimum atomic E-state index is 0.739. The molecule has 134 valence electrons. The molecule has 0 aliphatic carbocycles. The molecule has 1 atom stereocenters. The van der Waals surface area contributed by atoms with Crippen LogP contribution in [0.2, 0.25) is 0 Å². The van der Waals surface area contributed by atoms with Gasteiger partial charge in [0.05, 0.1) is 7.11 Å². The van der Waals surface area contributed by atoms with Gasteiger partial charge in [-0.1, -0.05) is 42.5 Å². The molecule has 1 aliphatic heterocycles. The Bertz CT molecular complexity index is 643. The molecule has 0 saturated carbocycles. The lowest BCUT2D eigenvalue weighted by molar-refractivity contribution is 0.211. The molecule has 2 aromatic carbocycles. The van der Waals surface area contributed by atoms with E-state index in [2.05, 4.69) is 65.4 Å². The van der Waals surface area contributed by atoms with E-state index in [1.165, 1.54) is 36.9 Å². The summed E-state index contributed by atoms with van der Waals surface area (Å²) in [6.45, 7) is 4.33. The molecule has 0 amide bonds. The second-order valence-corrected chi connectivity index (χ2v) is 7.11. The maximum Gasteiger partial charge on any atom is 0.119 e. The van der Waals surface area contributed by atoms with Crippen molar-refractivity contribution >= 4 is 0 Å². The van der Waals surface area contributed by atoms with E-state index in [1.807, 2.05) is 6.07 Å². The minimum Gasteiger partial charge on any atom is -0.497 e. The highest BCUT2D eigenvalue weighted by molar-refractivity contribution is 5.28. The first-order chi connectivity index (χ1) is 12.2. The number of hydrogen-bond donors (Lipinski definition) is 0. The van der Waals surface area contributed by atoms with Crippen LogP contribution in [0.5, 0.6) is 5.75 Å². The zero-order valence-electron chi connectivity index (χ0n) is 15.5.